The molecule has 0 aliphatic carbocycles. The second-order valence-electron chi connectivity index (χ2n) is 11.9. The molecule has 2 aliphatic rings. The summed E-state index contributed by atoms with van der Waals surface area (Å²) in [7, 11) is -2.49. The summed E-state index contributed by atoms with van der Waals surface area (Å²) < 4.78 is 14.0. The van der Waals surface area contributed by atoms with E-state index in [2.05, 4.69) is 39.0 Å². The van der Waals surface area contributed by atoms with Crippen molar-refractivity contribution in [2.45, 2.75) is 70.0 Å². The largest absolute Gasteiger partial charge is 0.384 e. The lowest BCUT2D eigenvalue weighted by Gasteiger charge is -2.47. The number of carbonyl (C=O) groups excluding carboxylic acids is 1. The van der Waals surface area contributed by atoms with Crippen molar-refractivity contribution in [3.05, 3.63) is 114 Å². The number of amides is 1. The van der Waals surface area contributed by atoms with Crippen molar-refractivity contribution in [3.8, 4) is 0 Å². The minimum atomic E-state index is -2.49. The summed E-state index contributed by atoms with van der Waals surface area (Å²) in [6.45, 7) is 11.2. The molecule has 0 saturated carbocycles. The number of ether oxygens (including phenoxy) is 1. The Labute approximate surface area is 238 Å². The lowest BCUT2D eigenvalue weighted by atomic mass is 10.1. The standard InChI is InChI=1S/C33H38N2O4Si/c1-32(2,3)40(4,5)39-33(29-23-28(34-38-29)22-21-25-15-9-6-10-16-25)35(24-26-17-11-7-12-18-26)31(36)30(37-33)27-19-13-8-14-20-27/h6-22,29-30H,23-24H2,1-5H3/b22-21+/t29-,30-,33-/m0/s1. The maximum absolute atomic E-state index is 14.2. The van der Waals surface area contributed by atoms with Crippen LogP contribution in [0.25, 0.3) is 6.08 Å². The van der Waals surface area contributed by atoms with Crippen LogP contribution >= 0.6 is 0 Å². The van der Waals surface area contributed by atoms with Gasteiger partial charge in [0.05, 0.1) is 12.3 Å². The van der Waals surface area contributed by atoms with E-state index >= 15 is 0 Å². The first-order valence-electron chi connectivity index (χ1n) is 13.8. The summed E-state index contributed by atoms with van der Waals surface area (Å²) >= 11 is 0. The van der Waals surface area contributed by atoms with E-state index in [1.54, 1.807) is 4.90 Å². The van der Waals surface area contributed by atoms with Crippen LogP contribution in [0.5, 0.6) is 0 Å². The van der Waals surface area contributed by atoms with Gasteiger partial charge < -0.3 is 14.0 Å². The molecule has 1 fully saturated rings. The van der Waals surface area contributed by atoms with Crippen LogP contribution in [0.2, 0.25) is 18.1 Å². The first-order chi connectivity index (χ1) is 19.1. The Hall–Kier alpha value is -3.52. The van der Waals surface area contributed by atoms with Crippen molar-refractivity contribution in [1.29, 1.82) is 0 Å². The molecule has 0 N–H and O–H groups in total. The molecule has 0 bridgehead atoms. The van der Waals surface area contributed by atoms with Gasteiger partial charge in [0, 0.05) is 6.42 Å². The van der Waals surface area contributed by atoms with E-state index in [1.165, 1.54) is 0 Å². The zero-order valence-electron chi connectivity index (χ0n) is 23.9. The van der Waals surface area contributed by atoms with Crippen LogP contribution in [-0.4, -0.2) is 36.9 Å². The normalized spacial score (nSPS) is 23.5. The van der Waals surface area contributed by atoms with Gasteiger partial charge >= 0.3 is 0 Å². The zero-order chi connectivity index (χ0) is 28.4. The second kappa shape index (κ2) is 11.2. The highest BCUT2D eigenvalue weighted by atomic mass is 28.4. The van der Waals surface area contributed by atoms with Crippen LogP contribution in [0.4, 0.5) is 0 Å². The van der Waals surface area contributed by atoms with Crippen molar-refractivity contribution in [2.24, 2.45) is 5.16 Å². The fraction of sp³-hybridized carbons (Fsp3) is 0.333. The van der Waals surface area contributed by atoms with E-state index in [4.69, 9.17) is 14.0 Å². The Morgan fingerprint density at radius 1 is 0.950 bits per heavy atom. The third-order valence-corrected chi connectivity index (χ3v) is 12.4. The molecule has 1 amide bonds. The Bertz CT molecular complexity index is 1370. The molecule has 208 valence electrons. The molecule has 5 rings (SSSR count). The van der Waals surface area contributed by atoms with Crippen LogP contribution in [-0.2, 0) is 25.3 Å². The van der Waals surface area contributed by atoms with E-state index in [-0.39, 0.29) is 10.9 Å². The predicted molar refractivity (Wildman–Crippen MR) is 161 cm³/mol. The fourth-order valence-electron chi connectivity index (χ4n) is 4.73. The Morgan fingerprint density at radius 2 is 1.55 bits per heavy atom. The molecule has 0 radical (unpaired) electrons. The first kappa shape index (κ1) is 28.0. The van der Waals surface area contributed by atoms with Gasteiger partial charge in [0.25, 0.3) is 11.8 Å². The molecular weight excluding hydrogens is 516 g/mol. The number of rotatable bonds is 8. The third kappa shape index (κ3) is 5.68. The minimum Gasteiger partial charge on any atom is -0.384 e. The van der Waals surface area contributed by atoms with E-state index in [0.29, 0.717) is 13.0 Å². The topological polar surface area (TPSA) is 60.4 Å². The number of hydrogen-bond acceptors (Lipinski definition) is 5. The van der Waals surface area contributed by atoms with Gasteiger partial charge in [-0.1, -0.05) is 123 Å². The lowest BCUT2D eigenvalue weighted by molar-refractivity contribution is -0.298. The van der Waals surface area contributed by atoms with Crippen LogP contribution < -0.4 is 0 Å². The monoisotopic (exact) mass is 554 g/mol. The van der Waals surface area contributed by atoms with Crippen molar-refractivity contribution in [3.63, 3.8) is 0 Å². The van der Waals surface area contributed by atoms with Gasteiger partial charge in [-0.15, -0.1) is 0 Å². The minimum absolute atomic E-state index is 0.134. The number of benzene rings is 3. The molecule has 3 aromatic carbocycles. The van der Waals surface area contributed by atoms with E-state index in [0.717, 1.165) is 22.4 Å². The average molecular weight is 555 g/mol. The second-order valence-corrected chi connectivity index (χ2v) is 16.7. The molecule has 0 unspecified atom stereocenters. The summed E-state index contributed by atoms with van der Waals surface area (Å²) in [6.07, 6.45) is 2.96. The highest BCUT2D eigenvalue weighted by Gasteiger charge is 2.63. The van der Waals surface area contributed by atoms with Gasteiger partial charge in [-0.05, 0) is 40.9 Å². The van der Waals surface area contributed by atoms with Crippen molar-refractivity contribution < 1.29 is 18.8 Å². The molecular formula is C33H38N2O4Si. The summed E-state index contributed by atoms with van der Waals surface area (Å²) in [5.41, 5.74) is 3.61. The van der Waals surface area contributed by atoms with Crippen LogP contribution in [0.15, 0.2) is 102 Å². The number of oxime groups is 1. The summed E-state index contributed by atoms with van der Waals surface area (Å²) in [5, 5.41) is 4.29. The Morgan fingerprint density at radius 3 is 2.17 bits per heavy atom. The molecule has 7 heteroatoms. The highest BCUT2D eigenvalue weighted by molar-refractivity contribution is 6.74. The van der Waals surface area contributed by atoms with E-state index in [1.807, 2.05) is 103 Å². The number of carbonyl (C=O) groups is 1. The third-order valence-electron chi connectivity index (χ3n) is 8.01. The van der Waals surface area contributed by atoms with E-state index in [9.17, 15) is 4.79 Å². The fourth-order valence-corrected chi connectivity index (χ4v) is 6.06. The van der Waals surface area contributed by atoms with Gasteiger partial charge in [0.15, 0.2) is 14.4 Å². The average Bonchev–Trinajstić information content (AvgIpc) is 3.53. The van der Waals surface area contributed by atoms with Crippen molar-refractivity contribution in [2.75, 3.05) is 0 Å². The molecule has 3 atom stereocenters. The quantitative estimate of drug-likeness (QED) is 0.274. The molecule has 0 aromatic heterocycles. The Balaban J connectivity index is 1.55. The first-order valence-corrected chi connectivity index (χ1v) is 16.7. The predicted octanol–water partition coefficient (Wildman–Crippen LogP) is 7.32. The maximum Gasteiger partial charge on any atom is 0.288 e. The van der Waals surface area contributed by atoms with Gasteiger partial charge in [-0.3, -0.25) is 9.69 Å². The summed E-state index contributed by atoms with van der Waals surface area (Å²) in [5.74, 6) is -1.60. The molecule has 0 spiro atoms. The molecule has 1 saturated heterocycles. The number of allylic oxidation sites excluding steroid dienone is 1. The van der Waals surface area contributed by atoms with Crippen molar-refractivity contribution in [1.82, 2.24) is 4.90 Å². The summed E-state index contributed by atoms with van der Waals surface area (Å²) in [6, 6.07) is 29.6. The molecule has 6 nitrogen and oxygen atoms in total. The van der Waals surface area contributed by atoms with Gasteiger partial charge in [-0.2, -0.15) is 0 Å². The number of hydrogen-bond donors (Lipinski definition) is 0. The highest BCUT2D eigenvalue weighted by Crippen LogP contribution is 2.49. The zero-order valence-corrected chi connectivity index (χ0v) is 24.9. The van der Waals surface area contributed by atoms with Crippen LogP contribution in [0.1, 0.15) is 50.0 Å². The Kier molecular flexibility index (Phi) is 7.82. The lowest BCUT2D eigenvalue weighted by Crippen LogP contribution is -2.62. The molecule has 2 heterocycles. The number of nitrogens with zero attached hydrogens (tertiary/aromatic N) is 2. The molecule has 2 aliphatic heterocycles. The van der Waals surface area contributed by atoms with Crippen LogP contribution in [0, 0.1) is 0 Å². The maximum atomic E-state index is 14.2. The SMILES string of the molecule is CC(C)(C)[Si](C)(C)O[C@]1([C@@H]2CC(/C=C/c3ccccc3)=NO2)O[C@@H](c2ccccc2)C(=O)N1Cc1ccccc1. The van der Waals surface area contributed by atoms with Gasteiger partial charge in [-0.25, -0.2) is 0 Å². The van der Waals surface area contributed by atoms with Crippen molar-refractivity contribution >= 4 is 26.0 Å². The van der Waals surface area contributed by atoms with Crippen LogP contribution in [0.3, 0.4) is 0 Å². The smallest absolute Gasteiger partial charge is 0.288 e. The molecule has 3 aromatic rings. The summed E-state index contributed by atoms with van der Waals surface area (Å²) in [4.78, 5) is 22.1. The molecule has 40 heavy (non-hydrogen) atoms. The van der Waals surface area contributed by atoms with E-state index < -0.39 is 26.4 Å². The van der Waals surface area contributed by atoms with Gasteiger partial charge in [0.1, 0.15) is 0 Å². The van der Waals surface area contributed by atoms with Gasteiger partial charge in [0.2, 0.25) is 6.10 Å².